The minimum atomic E-state index is -3.59. The van der Waals surface area contributed by atoms with Crippen molar-refractivity contribution in [2.24, 2.45) is 11.7 Å². The zero-order valence-electron chi connectivity index (χ0n) is 11.5. The van der Waals surface area contributed by atoms with Crippen LogP contribution < -0.4 is 5.73 Å². The lowest BCUT2D eigenvalue weighted by Gasteiger charge is -2.18. The van der Waals surface area contributed by atoms with Crippen molar-refractivity contribution in [3.05, 3.63) is 34.4 Å². The van der Waals surface area contributed by atoms with Crippen LogP contribution in [-0.2, 0) is 10.0 Å². The van der Waals surface area contributed by atoms with Crippen LogP contribution in [0.1, 0.15) is 13.3 Å². The van der Waals surface area contributed by atoms with Crippen molar-refractivity contribution in [2.75, 3.05) is 13.1 Å². The molecule has 1 heterocycles. The number of rotatable bonds is 4. The lowest BCUT2D eigenvalue weighted by atomic mass is 10.0. The van der Waals surface area contributed by atoms with E-state index < -0.39 is 14.9 Å². The maximum absolute atomic E-state index is 12.4. The van der Waals surface area contributed by atoms with Crippen LogP contribution in [0, 0.1) is 16.0 Å². The molecular weight excluding hydrogens is 318 g/mol. The van der Waals surface area contributed by atoms with Crippen LogP contribution in [0.2, 0.25) is 0 Å². The Morgan fingerprint density at radius 2 is 1.95 bits per heavy atom. The zero-order chi connectivity index (χ0) is 14.9. The molecule has 2 unspecified atom stereocenters. The van der Waals surface area contributed by atoms with Gasteiger partial charge in [0, 0.05) is 31.3 Å². The van der Waals surface area contributed by atoms with E-state index in [0.717, 1.165) is 6.42 Å². The molecule has 9 heteroatoms. The summed E-state index contributed by atoms with van der Waals surface area (Å²) in [5.74, 6) is 0.155. The van der Waals surface area contributed by atoms with E-state index in [1.165, 1.54) is 28.6 Å². The first kappa shape index (κ1) is 17.8. The third-order valence-electron chi connectivity index (χ3n) is 3.62. The summed E-state index contributed by atoms with van der Waals surface area (Å²) in [5, 5.41) is 10.6. The highest BCUT2D eigenvalue weighted by Crippen LogP contribution is 2.26. The lowest BCUT2D eigenvalue weighted by Crippen LogP contribution is -2.33. The predicted octanol–water partition coefficient (Wildman–Crippen LogP) is 1.37. The molecule has 1 aromatic carbocycles. The topological polar surface area (TPSA) is 107 Å². The van der Waals surface area contributed by atoms with Gasteiger partial charge in [-0.1, -0.05) is 0 Å². The van der Waals surface area contributed by atoms with Crippen molar-refractivity contribution in [1.82, 2.24) is 4.31 Å². The molecule has 1 fully saturated rings. The third-order valence-corrected chi connectivity index (χ3v) is 5.50. The molecule has 1 aromatic rings. The average molecular weight is 336 g/mol. The largest absolute Gasteiger partial charge is 0.328 e. The highest BCUT2D eigenvalue weighted by molar-refractivity contribution is 7.89. The quantitative estimate of drug-likeness (QED) is 0.660. The number of nitrogens with zero attached hydrogens (tertiary/aromatic N) is 2. The summed E-state index contributed by atoms with van der Waals surface area (Å²) in [5.41, 5.74) is 5.67. The van der Waals surface area contributed by atoms with Gasteiger partial charge >= 0.3 is 0 Å². The maximum atomic E-state index is 12.4. The molecule has 7 nitrogen and oxygen atoms in total. The Bertz CT molecular complexity index is 603. The first-order valence-electron chi connectivity index (χ1n) is 6.32. The summed E-state index contributed by atoms with van der Waals surface area (Å²) >= 11 is 0. The molecule has 2 rings (SSSR count). The van der Waals surface area contributed by atoms with Crippen molar-refractivity contribution in [2.45, 2.75) is 24.3 Å². The van der Waals surface area contributed by atoms with Gasteiger partial charge in [-0.25, -0.2) is 8.42 Å². The number of nitro groups is 1. The van der Waals surface area contributed by atoms with Crippen molar-refractivity contribution >= 4 is 28.1 Å². The second-order valence-electron chi connectivity index (χ2n) is 5.02. The van der Waals surface area contributed by atoms with E-state index in [2.05, 4.69) is 0 Å². The van der Waals surface area contributed by atoms with Gasteiger partial charge in [-0.2, -0.15) is 4.31 Å². The van der Waals surface area contributed by atoms with Crippen LogP contribution in [0.25, 0.3) is 0 Å². The SMILES string of the molecule is CC(N)C1CCN(S(=O)(=O)c2ccc([N+](=O)[O-])cc2)C1.Cl. The number of hydrogen-bond donors (Lipinski definition) is 1. The number of nitrogens with two attached hydrogens (primary N) is 1. The van der Waals surface area contributed by atoms with Crippen molar-refractivity contribution in [3.63, 3.8) is 0 Å². The fourth-order valence-corrected chi connectivity index (χ4v) is 3.80. The first-order valence-corrected chi connectivity index (χ1v) is 7.76. The number of sulfonamides is 1. The zero-order valence-corrected chi connectivity index (χ0v) is 13.1. The molecule has 0 saturated carbocycles. The minimum absolute atomic E-state index is 0. The van der Waals surface area contributed by atoms with E-state index in [9.17, 15) is 18.5 Å². The molecule has 0 aromatic heterocycles. The smallest absolute Gasteiger partial charge is 0.269 e. The van der Waals surface area contributed by atoms with Gasteiger partial charge in [0.2, 0.25) is 10.0 Å². The third kappa shape index (κ3) is 3.70. The summed E-state index contributed by atoms with van der Waals surface area (Å²) in [6.07, 6.45) is 0.740. The van der Waals surface area contributed by atoms with Gasteiger partial charge in [0.1, 0.15) is 0 Å². The van der Waals surface area contributed by atoms with Crippen molar-refractivity contribution in [3.8, 4) is 0 Å². The number of benzene rings is 1. The van der Waals surface area contributed by atoms with Gasteiger partial charge in [-0.15, -0.1) is 12.4 Å². The second-order valence-corrected chi connectivity index (χ2v) is 6.96. The Labute approximate surface area is 129 Å². The first-order chi connectivity index (χ1) is 9.32. The van der Waals surface area contributed by atoms with Crippen LogP contribution in [0.5, 0.6) is 0 Å². The van der Waals surface area contributed by atoms with E-state index in [0.29, 0.717) is 13.1 Å². The number of hydrogen-bond acceptors (Lipinski definition) is 5. The highest BCUT2D eigenvalue weighted by Gasteiger charge is 2.34. The van der Waals surface area contributed by atoms with Gasteiger partial charge in [0.05, 0.1) is 9.82 Å². The van der Waals surface area contributed by atoms with Gasteiger partial charge in [0.25, 0.3) is 5.69 Å². The van der Waals surface area contributed by atoms with Gasteiger partial charge in [-0.05, 0) is 31.4 Å². The van der Waals surface area contributed by atoms with Crippen LogP contribution in [0.3, 0.4) is 0 Å². The minimum Gasteiger partial charge on any atom is -0.328 e. The van der Waals surface area contributed by atoms with Gasteiger partial charge in [0.15, 0.2) is 0 Å². The molecule has 2 atom stereocenters. The summed E-state index contributed by atoms with van der Waals surface area (Å²) in [6.45, 7) is 2.70. The fourth-order valence-electron chi connectivity index (χ4n) is 2.29. The van der Waals surface area contributed by atoms with E-state index in [1.54, 1.807) is 0 Å². The molecule has 0 amide bonds. The summed E-state index contributed by atoms with van der Waals surface area (Å²) in [4.78, 5) is 10.1. The number of nitro benzene ring substituents is 1. The van der Waals surface area contributed by atoms with Crippen LogP contribution in [0.4, 0.5) is 5.69 Å². The molecule has 21 heavy (non-hydrogen) atoms. The van der Waals surface area contributed by atoms with E-state index >= 15 is 0 Å². The lowest BCUT2D eigenvalue weighted by molar-refractivity contribution is -0.384. The molecule has 1 saturated heterocycles. The van der Waals surface area contributed by atoms with Crippen LogP contribution >= 0.6 is 12.4 Å². The summed E-state index contributed by atoms with van der Waals surface area (Å²) in [6, 6.07) is 4.89. The Kier molecular flexibility index (Phi) is 5.68. The standard InChI is InChI=1S/C12H17N3O4S.ClH/c1-9(13)10-6-7-14(8-10)20(18,19)12-4-2-11(3-5-12)15(16)17;/h2-5,9-10H,6-8,13H2,1H3;1H. The molecule has 1 aliphatic heterocycles. The molecule has 0 aliphatic carbocycles. The van der Waals surface area contributed by atoms with Crippen molar-refractivity contribution < 1.29 is 13.3 Å². The van der Waals surface area contributed by atoms with E-state index in [-0.39, 0.29) is 34.9 Å². The molecule has 0 bridgehead atoms. The number of non-ortho nitro benzene ring substituents is 1. The molecule has 118 valence electrons. The summed E-state index contributed by atoms with van der Waals surface area (Å²) in [7, 11) is -3.59. The highest BCUT2D eigenvalue weighted by atomic mass is 35.5. The Balaban J connectivity index is 0.00000220. The van der Waals surface area contributed by atoms with E-state index in [4.69, 9.17) is 5.73 Å². The summed E-state index contributed by atoms with van der Waals surface area (Å²) < 4.78 is 26.2. The van der Waals surface area contributed by atoms with E-state index in [1.807, 2.05) is 6.92 Å². The molecule has 2 N–H and O–H groups in total. The predicted molar refractivity (Wildman–Crippen MR) is 80.9 cm³/mol. The number of halogens is 1. The fraction of sp³-hybridized carbons (Fsp3) is 0.500. The Morgan fingerprint density at radius 3 is 2.38 bits per heavy atom. The molecule has 1 aliphatic rings. The second kappa shape index (κ2) is 6.69. The molecule has 0 spiro atoms. The van der Waals surface area contributed by atoms with Crippen LogP contribution in [-0.4, -0.2) is 36.8 Å². The Hall–Kier alpha value is -1.22. The van der Waals surface area contributed by atoms with Crippen LogP contribution in [0.15, 0.2) is 29.2 Å². The average Bonchev–Trinajstić information content (AvgIpc) is 2.89. The van der Waals surface area contributed by atoms with Crippen molar-refractivity contribution in [1.29, 1.82) is 0 Å². The molecule has 0 radical (unpaired) electrons. The molecular formula is C12H18ClN3O4S. The van der Waals surface area contributed by atoms with Gasteiger partial charge in [-0.3, -0.25) is 10.1 Å². The van der Waals surface area contributed by atoms with Gasteiger partial charge < -0.3 is 5.73 Å². The monoisotopic (exact) mass is 335 g/mol. The normalized spacial score (nSPS) is 20.8. The maximum Gasteiger partial charge on any atom is 0.269 e. The Morgan fingerprint density at radius 1 is 1.38 bits per heavy atom.